The molecule has 0 heterocycles. The van der Waals surface area contributed by atoms with Gasteiger partial charge in [-0.25, -0.2) is 4.79 Å². The van der Waals surface area contributed by atoms with Crippen LogP contribution in [0.5, 0.6) is 5.75 Å². The van der Waals surface area contributed by atoms with Gasteiger partial charge in [0.15, 0.2) is 0 Å². The van der Waals surface area contributed by atoms with Gasteiger partial charge in [0, 0.05) is 12.7 Å². The molecule has 0 bridgehead atoms. The van der Waals surface area contributed by atoms with E-state index in [9.17, 15) is 24.6 Å². The van der Waals surface area contributed by atoms with E-state index in [4.69, 9.17) is 4.74 Å². The molecule has 2 atom stereocenters. The number of nitrogens with one attached hydrogen (secondary N) is 2. The zero-order chi connectivity index (χ0) is 26.5. The maximum Gasteiger partial charge on any atom is 0.408 e. The van der Waals surface area contributed by atoms with Gasteiger partial charge in [-0.1, -0.05) is 42.5 Å². The fraction of sp³-hybridized carbons (Fsp3) is 0.296. The van der Waals surface area contributed by atoms with Crippen molar-refractivity contribution < 1.29 is 29.3 Å². The molecule has 3 amide bonds. The fourth-order valence-electron chi connectivity index (χ4n) is 3.73. The molecule has 0 saturated heterocycles. The Kier molecular flexibility index (Phi) is 8.16. The van der Waals surface area contributed by atoms with E-state index in [1.165, 1.54) is 19.2 Å². The van der Waals surface area contributed by atoms with Crippen molar-refractivity contribution in [3.05, 3.63) is 72.3 Å². The highest BCUT2D eigenvalue weighted by molar-refractivity contribution is 6.00. The molecule has 0 aliphatic carbocycles. The van der Waals surface area contributed by atoms with E-state index in [0.29, 0.717) is 11.3 Å². The number of carbonyl (C=O) groups excluding carboxylic acids is 3. The molecule has 4 N–H and O–H groups in total. The lowest BCUT2D eigenvalue weighted by molar-refractivity contribution is -0.139. The summed E-state index contributed by atoms with van der Waals surface area (Å²) in [5.74, 6) is -1.34. The highest BCUT2D eigenvalue weighted by Gasteiger charge is 2.34. The monoisotopic (exact) mass is 493 g/mol. The van der Waals surface area contributed by atoms with Crippen LogP contribution in [0.4, 0.5) is 10.5 Å². The first kappa shape index (κ1) is 26.5. The van der Waals surface area contributed by atoms with Gasteiger partial charge in [-0.15, -0.1) is 0 Å². The maximum absolute atomic E-state index is 13.5. The van der Waals surface area contributed by atoms with Crippen LogP contribution in [0.25, 0.3) is 10.8 Å². The quantitative estimate of drug-likeness (QED) is 0.398. The van der Waals surface area contributed by atoms with Gasteiger partial charge >= 0.3 is 6.09 Å². The van der Waals surface area contributed by atoms with E-state index >= 15 is 0 Å². The minimum atomic E-state index is -1.35. The lowest BCUT2D eigenvalue weighted by atomic mass is 10.0. The van der Waals surface area contributed by atoms with E-state index in [-0.39, 0.29) is 5.75 Å². The molecular weight excluding hydrogens is 462 g/mol. The molecule has 2 unspecified atom stereocenters. The Morgan fingerprint density at radius 2 is 1.67 bits per heavy atom. The average Bonchev–Trinajstić information content (AvgIpc) is 2.81. The lowest BCUT2D eigenvalue weighted by Crippen LogP contribution is -2.52. The molecule has 3 aromatic carbocycles. The molecule has 0 aliphatic heterocycles. The number of phenols is 1. The predicted molar refractivity (Wildman–Crippen MR) is 136 cm³/mol. The van der Waals surface area contributed by atoms with Gasteiger partial charge in [0.25, 0.3) is 5.91 Å². The maximum atomic E-state index is 13.5. The summed E-state index contributed by atoms with van der Waals surface area (Å²) in [4.78, 5) is 40.0. The predicted octanol–water partition coefficient (Wildman–Crippen LogP) is 3.57. The summed E-state index contributed by atoms with van der Waals surface area (Å²) >= 11 is 0. The van der Waals surface area contributed by atoms with Crippen molar-refractivity contribution in [2.75, 3.05) is 19.0 Å². The van der Waals surface area contributed by atoms with Crippen LogP contribution in [0.2, 0.25) is 0 Å². The summed E-state index contributed by atoms with van der Waals surface area (Å²) < 4.78 is 5.18. The number of benzene rings is 3. The second kappa shape index (κ2) is 11.1. The number of ether oxygens (including phenoxy) is 1. The fourth-order valence-corrected chi connectivity index (χ4v) is 3.73. The first-order valence-corrected chi connectivity index (χ1v) is 11.4. The third-order valence-electron chi connectivity index (χ3n) is 5.36. The number of alkyl carbamates (subject to hydrolysis) is 1. The summed E-state index contributed by atoms with van der Waals surface area (Å²) in [7, 11) is 1.39. The van der Waals surface area contributed by atoms with Crippen molar-refractivity contribution in [3.8, 4) is 5.75 Å². The van der Waals surface area contributed by atoms with Gasteiger partial charge in [0.05, 0.1) is 6.61 Å². The van der Waals surface area contributed by atoms with Crippen molar-refractivity contribution in [2.24, 2.45) is 0 Å². The van der Waals surface area contributed by atoms with Gasteiger partial charge in [-0.05, 0) is 61.4 Å². The number of hydrogen-bond acceptors (Lipinski definition) is 6. The number of fused-ring (bicyclic) bond motifs is 1. The zero-order valence-electron chi connectivity index (χ0n) is 20.7. The molecule has 9 nitrogen and oxygen atoms in total. The molecule has 36 heavy (non-hydrogen) atoms. The van der Waals surface area contributed by atoms with Crippen LogP contribution >= 0.6 is 0 Å². The number of aromatic hydroxyl groups is 1. The topological polar surface area (TPSA) is 128 Å². The normalized spacial score (nSPS) is 12.9. The van der Waals surface area contributed by atoms with Crippen molar-refractivity contribution in [3.63, 3.8) is 0 Å². The van der Waals surface area contributed by atoms with E-state index < -0.39 is 42.2 Å². The van der Waals surface area contributed by atoms with Crippen LogP contribution in [-0.4, -0.2) is 58.3 Å². The van der Waals surface area contributed by atoms with Crippen molar-refractivity contribution >= 4 is 34.4 Å². The summed E-state index contributed by atoms with van der Waals surface area (Å²) in [6, 6.07) is 16.6. The van der Waals surface area contributed by atoms with Crippen molar-refractivity contribution in [1.29, 1.82) is 0 Å². The molecule has 3 aromatic rings. The van der Waals surface area contributed by atoms with Crippen molar-refractivity contribution in [2.45, 2.75) is 38.5 Å². The second-order valence-corrected chi connectivity index (χ2v) is 9.38. The number of nitrogens with zero attached hydrogens (tertiary/aromatic N) is 1. The number of rotatable bonds is 7. The van der Waals surface area contributed by atoms with Crippen molar-refractivity contribution in [1.82, 2.24) is 10.2 Å². The number of anilines is 1. The van der Waals surface area contributed by atoms with Gasteiger partial charge in [-0.2, -0.15) is 0 Å². The molecule has 0 radical (unpaired) electrons. The third kappa shape index (κ3) is 6.73. The molecule has 3 rings (SSSR count). The van der Waals surface area contributed by atoms with Crippen LogP contribution in [-0.2, 0) is 14.3 Å². The third-order valence-corrected chi connectivity index (χ3v) is 5.36. The summed E-state index contributed by atoms with van der Waals surface area (Å²) in [5.41, 5.74) is 0.0662. The van der Waals surface area contributed by atoms with Crippen LogP contribution in [0, 0.1) is 0 Å². The Bertz CT molecular complexity index is 1250. The van der Waals surface area contributed by atoms with E-state index in [0.717, 1.165) is 15.7 Å². The molecule has 9 heteroatoms. The Hall–Kier alpha value is -4.11. The Morgan fingerprint density at radius 1 is 0.972 bits per heavy atom. The molecule has 0 aromatic heterocycles. The van der Waals surface area contributed by atoms with Crippen LogP contribution in [0.15, 0.2) is 66.7 Å². The minimum absolute atomic E-state index is 0.0811. The molecule has 0 aliphatic rings. The van der Waals surface area contributed by atoms with Crippen LogP contribution in [0.1, 0.15) is 32.4 Å². The zero-order valence-corrected chi connectivity index (χ0v) is 20.7. The van der Waals surface area contributed by atoms with Crippen LogP contribution < -0.4 is 10.6 Å². The summed E-state index contributed by atoms with van der Waals surface area (Å²) in [6.07, 6.45) is -0.877. The Labute approximate surface area is 209 Å². The number of phenolic OH excluding ortho intramolecular Hbond substituents is 1. The molecule has 0 spiro atoms. The molecule has 190 valence electrons. The van der Waals surface area contributed by atoms with Gasteiger partial charge in [0.2, 0.25) is 5.91 Å². The number of aliphatic hydroxyl groups excluding tert-OH is 1. The highest BCUT2D eigenvalue weighted by atomic mass is 16.6. The average molecular weight is 494 g/mol. The van der Waals surface area contributed by atoms with Crippen LogP contribution in [0.3, 0.4) is 0 Å². The highest BCUT2D eigenvalue weighted by Crippen LogP contribution is 2.26. The number of likely N-dealkylation sites (N-methyl/N-ethyl adjacent to an activating group) is 1. The number of hydrogen-bond donors (Lipinski definition) is 4. The summed E-state index contributed by atoms with van der Waals surface area (Å²) in [5, 5.41) is 26.9. The Morgan fingerprint density at radius 3 is 2.31 bits per heavy atom. The first-order valence-electron chi connectivity index (χ1n) is 11.4. The van der Waals surface area contributed by atoms with E-state index in [2.05, 4.69) is 10.6 Å². The number of aliphatic hydroxyl groups is 1. The number of carbonyl (C=O) groups is 3. The smallest absolute Gasteiger partial charge is 0.408 e. The molecule has 0 saturated carbocycles. The lowest BCUT2D eigenvalue weighted by Gasteiger charge is -2.31. The SMILES string of the molecule is CN(C(=O)C(CO)NC(=O)OC(C)(C)C)C(C(=O)Nc1ccc2ccccc2c1)c1cccc(O)c1. The second-order valence-electron chi connectivity index (χ2n) is 9.38. The van der Waals surface area contributed by atoms with Gasteiger partial charge in [-0.3, -0.25) is 9.59 Å². The molecule has 0 fully saturated rings. The Balaban J connectivity index is 1.88. The largest absolute Gasteiger partial charge is 0.508 e. The van der Waals surface area contributed by atoms with Gasteiger partial charge in [0.1, 0.15) is 23.4 Å². The first-order chi connectivity index (χ1) is 17.0. The van der Waals surface area contributed by atoms with E-state index in [1.54, 1.807) is 39.0 Å². The summed E-state index contributed by atoms with van der Waals surface area (Å²) in [6.45, 7) is 4.30. The number of amides is 3. The minimum Gasteiger partial charge on any atom is -0.508 e. The van der Waals surface area contributed by atoms with E-state index in [1.807, 2.05) is 36.4 Å². The standard InChI is InChI=1S/C27H31N3O6/c1-27(2,3)36-26(35)29-22(16-31)25(34)30(4)23(19-10-7-11-21(32)15-19)24(33)28-20-13-12-17-8-5-6-9-18(17)14-20/h5-15,22-23,31-32H,16H2,1-4H3,(H,28,33)(H,29,35). The van der Waals surface area contributed by atoms with Gasteiger partial charge < -0.3 is 30.5 Å². The molecular formula is C27H31N3O6.